The number of carbonyl (C=O) groups is 3. The van der Waals surface area contributed by atoms with Gasteiger partial charge >= 0.3 is 23.6 Å². The Morgan fingerprint density at radius 3 is 1.76 bits per heavy atom. The van der Waals surface area contributed by atoms with Crippen LogP contribution in [0.5, 0.6) is 0 Å². The van der Waals surface area contributed by atoms with Gasteiger partial charge in [-0.05, 0) is 25.8 Å². The van der Waals surface area contributed by atoms with Gasteiger partial charge in [0.2, 0.25) is 0 Å². The number of carbonyl (C=O) groups excluding carboxylic acids is 1. The summed E-state index contributed by atoms with van der Waals surface area (Å²) >= 11 is 0. The van der Waals surface area contributed by atoms with Crippen molar-refractivity contribution in [3.05, 3.63) is 22.7 Å². The number of carboxylic acids is 2. The second-order valence-electron chi connectivity index (χ2n) is 8.26. The molecule has 1 saturated heterocycles. The van der Waals surface area contributed by atoms with Gasteiger partial charge in [-0.1, -0.05) is 41.5 Å². The lowest BCUT2D eigenvalue weighted by Crippen LogP contribution is -2.27. The van der Waals surface area contributed by atoms with Gasteiger partial charge in [-0.15, -0.1) is 0 Å². The third kappa shape index (κ3) is 15.0. The minimum atomic E-state index is -0.741. The van der Waals surface area contributed by atoms with Crippen LogP contribution in [-0.2, 0) is 23.9 Å². The summed E-state index contributed by atoms with van der Waals surface area (Å²) in [6.45, 7) is 12.1. The number of nitrogens with one attached hydrogen (secondary N) is 1. The van der Waals surface area contributed by atoms with Gasteiger partial charge < -0.3 is 19.7 Å². The molecule has 196 valence electrons. The molecule has 2 unspecified atom stereocenters. The first kappa shape index (κ1) is 33.2. The Balaban J connectivity index is 0. The summed E-state index contributed by atoms with van der Waals surface area (Å²) in [5.41, 5.74) is 1.41. The fraction of sp³-hybridized carbons (Fsp3) is 0.682. The molecule has 1 aliphatic heterocycles. The zero-order chi connectivity index (χ0) is 27.0. The number of rotatable bonds is 5. The topological polar surface area (TPSA) is 177 Å². The van der Waals surface area contributed by atoms with E-state index in [1.54, 1.807) is 47.7 Å². The summed E-state index contributed by atoms with van der Waals surface area (Å²) < 4.78 is 11.3. The summed E-state index contributed by atoms with van der Waals surface area (Å²) in [7, 11) is 1.39. The van der Waals surface area contributed by atoms with E-state index in [0.717, 1.165) is 12.8 Å². The molecule has 1 aromatic rings. The van der Waals surface area contributed by atoms with Crippen LogP contribution >= 0.6 is 0 Å². The molecule has 0 radical (unpaired) electrons. The number of esters is 1. The molecule has 0 aromatic carbocycles. The van der Waals surface area contributed by atoms with E-state index < -0.39 is 17.6 Å². The summed E-state index contributed by atoms with van der Waals surface area (Å²) in [5.74, 6) is -1.95. The number of ether oxygens (including phenoxy) is 2. The van der Waals surface area contributed by atoms with Crippen LogP contribution in [0, 0.1) is 17.8 Å². The highest BCUT2D eigenvalue weighted by molar-refractivity contribution is 5.71. The number of methoxy groups -OCH3 is 1. The molecule has 34 heavy (non-hydrogen) atoms. The molecular formula is C22H39N3O9. The van der Waals surface area contributed by atoms with Crippen LogP contribution in [0.4, 0.5) is 5.82 Å². The number of anilines is 1. The van der Waals surface area contributed by atoms with Crippen molar-refractivity contribution in [2.24, 2.45) is 17.8 Å². The Bertz CT molecular complexity index is 789. The minimum Gasteiger partial charge on any atom is -0.481 e. The molecule has 0 aliphatic carbocycles. The van der Waals surface area contributed by atoms with Crippen molar-refractivity contribution in [2.75, 3.05) is 12.6 Å². The molecule has 4 N–H and O–H groups in total. The van der Waals surface area contributed by atoms with Gasteiger partial charge in [0.1, 0.15) is 6.23 Å². The molecule has 2 rings (SSSR count). The predicted octanol–water partition coefficient (Wildman–Crippen LogP) is 3.01. The summed E-state index contributed by atoms with van der Waals surface area (Å²) in [5, 5.41) is 24.5. The molecule has 1 aromatic heterocycles. The second kappa shape index (κ2) is 17.5. The summed E-state index contributed by atoms with van der Waals surface area (Å²) in [6, 6.07) is 1.52. The minimum absolute atomic E-state index is 0.00463. The Morgan fingerprint density at radius 1 is 1.06 bits per heavy atom. The molecule has 2 heterocycles. The number of carboxylic acid groups (broad SMARTS) is 2. The summed E-state index contributed by atoms with van der Waals surface area (Å²) in [6.07, 6.45) is 3.27. The standard InChI is InChI=1S/C9H13N3O3.C5H10O2.2C4H8O2/c1-6-2-3-8(15-6)12-5-4-7(11-14)10-9(12)13;1-4(2)5(6)7-3;2*1-3(2)4(5)6/h4-6,8,14H,2-3H2,1H3,(H,10,11,13);4H,1-3H3;2*3H,1-2H3,(H,5,6). The molecule has 0 amide bonds. The van der Waals surface area contributed by atoms with E-state index in [2.05, 4.69) is 9.72 Å². The predicted molar refractivity (Wildman–Crippen MR) is 125 cm³/mol. The Morgan fingerprint density at radius 2 is 1.53 bits per heavy atom. The average molecular weight is 490 g/mol. The molecule has 12 heteroatoms. The van der Waals surface area contributed by atoms with E-state index >= 15 is 0 Å². The first-order valence-corrected chi connectivity index (χ1v) is 10.9. The molecule has 1 aliphatic rings. The fourth-order valence-electron chi connectivity index (χ4n) is 1.92. The van der Waals surface area contributed by atoms with Crippen LogP contribution < -0.4 is 11.2 Å². The monoisotopic (exact) mass is 489 g/mol. The van der Waals surface area contributed by atoms with E-state index in [-0.39, 0.29) is 41.9 Å². The third-order valence-electron chi connectivity index (χ3n) is 4.12. The number of aliphatic carboxylic acids is 2. The van der Waals surface area contributed by atoms with E-state index in [1.807, 2.05) is 12.4 Å². The molecule has 0 bridgehead atoms. The molecule has 0 saturated carbocycles. The summed E-state index contributed by atoms with van der Waals surface area (Å²) in [4.78, 5) is 44.8. The largest absolute Gasteiger partial charge is 0.481 e. The number of hydrogen-bond acceptors (Lipinski definition) is 9. The van der Waals surface area contributed by atoms with Gasteiger partial charge in [0, 0.05) is 6.20 Å². The van der Waals surface area contributed by atoms with E-state index in [4.69, 9.17) is 20.2 Å². The number of hydrogen-bond donors (Lipinski definition) is 4. The zero-order valence-electron chi connectivity index (χ0n) is 21.1. The lowest BCUT2D eigenvalue weighted by atomic mass is 10.2. The van der Waals surface area contributed by atoms with Gasteiger partial charge in [0.05, 0.1) is 31.0 Å². The van der Waals surface area contributed by atoms with Gasteiger partial charge in [0.25, 0.3) is 0 Å². The number of aromatic nitrogens is 2. The first-order valence-electron chi connectivity index (χ1n) is 10.9. The van der Waals surface area contributed by atoms with Crippen molar-refractivity contribution in [1.82, 2.24) is 9.55 Å². The SMILES string of the molecule is CC(C)C(=O)O.CC(C)C(=O)O.CC1CCC(n2ccc(NO)nc2=O)O1.COC(=O)C(C)C. The van der Waals surface area contributed by atoms with Crippen molar-refractivity contribution in [3.8, 4) is 0 Å². The van der Waals surface area contributed by atoms with Crippen molar-refractivity contribution < 1.29 is 39.3 Å². The third-order valence-corrected chi connectivity index (χ3v) is 4.12. The maximum atomic E-state index is 11.5. The Labute approximate surface area is 199 Å². The lowest BCUT2D eigenvalue weighted by Gasteiger charge is -2.13. The Kier molecular flexibility index (Phi) is 17.1. The first-order chi connectivity index (χ1) is 15.7. The van der Waals surface area contributed by atoms with Gasteiger partial charge in [-0.25, -0.2) is 4.79 Å². The Hall–Kier alpha value is -2.99. The highest BCUT2D eigenvalue weighted by Gasteiger charge is 2.24. The van der Waals surface area contributed by atoms with E-state index in [0.29, 0.717) is 0 Å². The molecule has 1 fully saturated rings. The van der Waals surface area contributed by atoms with Gasteiger partial charge in [0.15, 0.2) is 5.82 Å². The molecule has 12 nitrogen and oxygen atoms in total. The van der Waals surface area contributed by atoms with Gasteiger partial charge in [-0.3, -0.25) is 29.6 Å². The van der Waals surface area contributed by atoms with Crippen LogP contribution in [-0.4, -0.2) is 56.1 Å². The molecule has 2 atom stereocenters. The maximum absolute atomic E-state index is 11.5. The zero-order valence-corrected chi connectivity index (χ0v) is 21.1. The van der Waals surface area contributed by atoms with E-state index in [9.17, 15) is 19.2 Å². The van der Waals surface area contributed by atoms with Crippen LogP contribution in [0.2, 0.25) is 0 Å². The van der Waals surface area contributed by atoms with Crippen molar-refractivity contribution in [2.45, 2.75) is 73.6 Å². The van der Waals surface area contributed by atoms with Crippen LogP contribution in [0.25, 0.3) is 0 Å². The highest BCUT2D eigenvalue weighted by atomic mass is 16.5. The van der Waals surface area contributed by atoms with Crippen molar-refractivity contribution >= 4 is 23.7 Å². The highest BCUT2D eigenvalue weighted by Crippen LogP contribution is 2.26. The quantitative estimate of drug-likeness (QED) is 0.353. The fourth-order valence-corrected chi connectivity index (χ4v) is 1.92. The average Bonchev–Trinajstić information content (AvgIpc) is 3.19. The molecule has 0 spiro atoms. The maximum Gasteiger partial charge on any atom is 0.351 e. The second-order valence-corrected chi connectivity index (χ2v) is 8.26. The van der Waals surface area contributed by atoms with Crippen LogP contribution in [0.15, 0.2) is 17.1 Å². The lowest BCUT2D eigenvalue weighted by molar-refractivity contribution is -0.144. The van der Waals surface area contributed by atoms with Gasteiger partial charge in [-0.2, -0.15) is 4.98 Å². The smallest absolute Gasteiger partial charge is 0.351 e. The van der Waals surface area contributed by atoms with Crippen molar-refractivity contribution in [3.63, 3.8) is 0 Å². The van der Waals surface area contributed by atoms with Crippen molar-refractivity contribution in [1.29, 1.82) is 0 Å². The van der Waals surface area contributed by atoms with Crippen LogP contribution in [0.3, 0.4) is 0 Å². The normalized spacial score (nSPS) is 16.4. The molecular weight excluding hydrogens is 450 g/mol. The van der Waals surface area contributed by atoms with E-state index in [1.165, 1.54) is 17.7 Å². The number of nitrogens with zero attached hydrogens (tertiary/aromatic N) is 2. The van der Waals surface area contributed by atoms with Crippen LogP contribution in [0.1, 0.15) is 67.5 Å².